The average molecular weight is 305 g/mol. The number of amides is 2. The molecule has 1 aliphatic rings. The summed E-state index contributed by atoms with van der Waals surface area (Å²) in [5.41, 5.74) is 2.20. The fraction of sp³-hybridized carbons (Fsp3) is 0.562. The van der Waals surface area contributed by atoms with E-state index in [9.17, 15) is 9.59 Å². The van der Waals surface area contributed by atoms with Crippen LogP contribution in [0.5, 0.6) is 0 Å². The van der Waals surface area contributed by atoms with E-state index in [4.69, 9.17) is 5.11 Å². The van der Waals surface area contributed by atoms with E-state index in [1.165, 1.54) is 0 Å². The minimum atomic E-state index is -0.795. The highest BCUT2D eigenvalue weighted by Crippen LogP contribution is 2.19. The number of nitrogens with zero attached hydrogens (tertiary/aromatic N) is 2. The maximum absolute atomic E-state index is 12.3. The fourth-order valence-electron chi connectivity index (χ4n) is 2.89. The summed E-state index contributed by atoms with van der Waals surface area (Å²) in [6.45, 7) is 3.75. The minimum Gasteiger partial charge on any atom is -0.481 e. The Morgan fingerprint density at radius 2 is 2.27 bits per heavy atom. The quantitative estimate of drug-likeness (QED) is 0.872. The molecule has 0 bridgehead atoms. The third kappa shape index (κ3) is 4.44. The molecule has 6 nitrogen and oxygen atoms in total. The number of carbonyl (C=O) groups excluding carboxylic acids is 1. The lowest BCUT2D eigenvalue weighted by Gasteiger charge is -2.32. The number of carboxylic acid groups (broad SMARTS) is 1. The Morgan fingerprint density at radius 3 is 3.00 bits per heavy atom. The molecular weight excluding hydrogens is 282 g/mol. The Bertz CT molecular complexity index is 533. The van der Waals surface area contributed by atoms with Crippen LogP contribution < -0.4 is 5.32 Å². The molecule has 0 spiro atoms. The van der Waals surface area contributed by atoms with Gasteiger partial charge in [-0.15, -0.1) is 0 Å². The van der Waals surface area contributed by atoms with Gasteiger partial charge in [-0.2, -0.15) is 0 Å². The molecule has 1 aromatic heterocycles. The van der Waals surface area contributed by atoms with Crippen molar-refractivity contribution >= 4 is 12.0 Å². The predicted molar refractivity (Wildman–Crippen MR) is 82.4 cm³/mol. The standard InChI is InChI=1S/C16H23N3O3/c1-2-13-9-17-6-5-14(13)10-18-16(22)19-7-3-4-12(11-19)8-15(20)21/h5-6,9,12H,2-4,7-8,10-11H2,1H3,(H,18,22)(H,20,21). The molecule has 0 aliphatic carbocycles. The van der Waals surface area contributed by atoms with Crippen LogP contribution in [0.25, 0.3) is 0 Å². The summed E-state index contributed by atoms with van der Waals surface area (Å²) in [6.07, 6.45) is 6.30. The first-order chi connectivity index (χ1) is 10.6. The molecule has 1 atom stereocenters. The molecule has 6 heteroatoms. The Balaban J connectivity index is 1.87. The summed E-state index contributed by atoms with van der Waals surface area (Å²) >= 11 is 0. The van der Waals surface area contributed by atoms with Gasteiger partial charge in [0.2, 0.25) is 0 Å². The third-order valence-corrected chi connectivity index (χ3v) is 4.09. The fourth-order valence-corrected chi connectivity index (χ4v) is 2.89. The molecule has 1 aliphatic heterocycles. The zero-order valence-electron chi connectivity index (χ0n) is 12.9. The van der Waals surface area contributed by atoms with E-state index >= 15 is 0 Å². The number of likely N-dealkylation sites (tertiary alicyclic amines) is 1. The van der Waals surface area contributed by atoms with Crippen molar-refractivity contribution in [3.8, 4) is 0 Å². The molecule has 0 saturated carbocycles. The van der Waals surface area contributed by atoms with Crippen LogP contribution in [0.15, 0.2) is 18.5 Å². The molecule has 120 valence electrons. The Hall–Kier alpha value is -2.11. The lowest BCUT2D eigenvalue weighted by molar-refractivity contribution is -0.138. The highest BCUT2D eigenvalue weighted by atomic mass is 16.4. The summed E-state index contributed by atoms with van der Waals surface area (Å²) < 4.78 is 0. The van der Waals surface area contributed by atoms with Gasteiger partial charge in [0, 0.05) is 38.4 Å². The smallest absolute Gasteiger partial charge is 0.317 e. The van der Waals surface area contributed by atoms with Gasteiger partial charge >= 0.3 is 12.0 Å². The van der Waals surface area contributed by atoms with Crippen LogP contribution in [-0.2, 0) is 17.8 Å². The van der Waals surface area contributed by atoms with E-state index in [-0.39, 0.29) is 18.4 Å². The number of carboxylic acids is 1. The van der Waals surface area contributed by atoms with E-state index in [0.29, 0.717) is 19.6 Å². The second-order valence-corrected chi connectivity index (χ2v) is 5.71. The van der Waals surface area contributed by atoms with Crippen molar-refractivity contribution in [1.82, 2.24) is 15.2 Å². The first-order valence-electron chi connectivity index (χ1n) is 7.76. The zero-order chi connectivity index (χ0) is 15.9. The second-order valence-electron chi connectivity index (χ2n) is 5.71. The van der Waals surface area contributed by atoms with Crippen LogP contribution in [-0.4, -0.2) is 40.1 Å². The number of aliphatic carboxylic acids is 1. The van der Waals surface area contributed by atoms with Gasteiger partial charge in [0.1, 0.15) is 0 Å². The largest absolute Gasteiger partial charge is 0.481 e. The van der Waals surface area contributed by atoms with E-state index in [1.807, 2.05) is 12.3 Å². The molecule has 2 amide bonds. The van der Waals surface area contributed by atoms with Gasteiger partial charge in [-0.1, -0.05) is 6.92 Å². The molecule has 1 aromatic rings. The highest BCUT2D eigenvalue weighted by Gasteiger charge is 2.25. The number of hydrogen-bond acceptors (Lipinski definition) is 3. The number of aromatic nitrogens is 1. The van der Waals surface area contributed by atoms with Gasteiger partial charge in [0.25, 0.3) is 0 Å². The van der Waals surface area contributed by atoms with Crippen LogP contribution in [0, 0.1) is 5.92 Å². The molecule has 0 radical (unpaired) electrons. The van der Waals surface area contributed by atoms with Crippen molar-refractivity contribution in [2.45, 2.75) is 39.2 Å². The lowest BCUT2D eigenvalue weighted by atomic mass is 9.95. The summed E-state index contributed by atoms with van der Waals surface area (Å²) in [5, 5.41) is 11.8. The van der Waals surface area contributed by atoms with Crippen molar-refractivity contribution in [2.75, 3.05) is 13.1 Å². The van der Waals surface area contributed by atoms with Gasteiger partial charge in [0.05, 0.1) is 0 Å². The van der Waals surface area contributed by atoms with Crippen molar-refractivity contribution in [3.05, 3.63) is 29.6 Å². The maximum Gasteiger partial charge on any atom is 0.317 e. The van der Waals surface area contributed by atoms with Gasteiger partial charge < -0.3 is 15.3 Å². The molecule has 1 unspecified atom stereocenters. The SMILES string of the molecule is CCc1cnccc1CNC(=O)N1CCCC(CC(=O)O)C1. The van der Waals surface area contributed by atoms with Crippen molar-refractivity contribution in [3.63, 3.8) is 0 Å². The Morgan fingerprint density at radius 1 is 1.45 bits per heavy atom. The Labute approximate surface area is 130 Å². The van der Waals surface area contributed by atoms with Gasteiger partial charge in [-0.3, -0.25) is 9.78 Å². The Kier molecular flexibility index (Phi) is 5.75. The molecule has 22 heavy (non-hydrogen) atoms. The third-order valence-electron chi connectivity index (χ3n) is 4.09. The van der Waals surface area contributed by atoms with E-state index in [2.05, 4.69) is 17.2 Å². The van der Waals surface area contributed by atoms with Crippen molar-refractivity contribution in [1.29, 1.82) is 0 Å². The number of carbonyl (C=O) groups is 2. The molecule has 0 aromatic carbocycles. The first-order valence-corrected chi connectivity index (χ1v) is 7.76. The summed E-state index contributed by atoms with van der Waals surface area (Å²) in [5.74, 6) is -0.735. The predicted octanol–water partition coefficient (Wildman–Crippen LogP) is 2.04. The van der Waals surface area contributed by atoms with Crippen LogP contribution in [0.1, 0.15) is 37.3 Å². The van der Waals surface area contributed by atoms with Crippen LogP contribution in [0.4, 0.5) is 4.79 Å². The normalized spacial score (nSPS) is 18.0. The van der Waals surface area contributed by atoms with E-state index in [0.717, 1.165) is 30.4 Å². The monoisotopic (exact) mass is 305 g/mol. The van der Waals surface area contributed by atoms with Crippen molar-refractivity contribution in [2.24, 2.45) is 5.92 Å². The number of hydrogen-bond donors (Lipinski definition) is 2. The van der Waals surface area contributed by atoms with E-state index in [1.54, 1.807) is 11.1 Å². The molecule has 2 N–H and O–H groups in total. The molecule has 2 rings (SSSR count). The maximum atomic E-state index is 12.3. The zero-order valence-corrected chi connectivity index (χ0v) is 12.9. The van der Waals surface area contributed by atoms with E-state index < -0.39 is 5.97 Å². The van der Waals surface area contributed by atoms with Crippen molar-refractivity contribution < 1.29 is 14.7 Å². The second kappa shape index (κ2) is 7.77. The summed E-state index contributed by atoms with van der Waals surface area (Å²) in [4.78, 5) is 28.9. The molecular formula is C16H23N3O3. The van der Waals surface area contributed by atoms with Gasteiger partial charge in [-0.05, 0) is 42.4 Å². The van der Waals surface area contributed by atoms with Crippen LogP contribution >= 0.6 is 0 Å². The summed E-state index contributed by atoms with van der Waals surface area (Å²) in [7, 11) is 0. The molecule has 1 saturated heterocycles. The topological polar surface area (TPSA) is 82.5 Å². The molecule has 1 fully saturated rings. The number of pyridine rings is 1. The average Bonchev–Trinajstić information content (AvgIpc) is 2.52. The number of urea groups is 1. The van der Waals surface area contributed by atoms with Crippen LogP contribution in [0.2, 0.25) is 0 Å². The number of rotatable bonds is 5. The number of piperidine rings is 1. The lowest BCUT2D eigenvalue weighted by Crippen LogP contribution is -2.45. The van der Waals surface area contributed by atoms with Gasteiger partial charge in [0.15, 0.2) is 0 Å². The van der Waals surface area contributed by atoms with Gasteiger partial charge in [-0.25, -0.2) is 4.79 Å². The first kappa shape index (κ1) is 16.3. The molecule has 2 heterocycles. The summed E-state index contributed by atoms with van der Waals surface area (Å²) in [6, 6.07) is 1.80. The van der Waals surface area contributed by atoms with Crippen LogP contribution in [0.3, 0.4) is 0 Å². The minimum absolute atomic E-state index is 0.0594. The number of aryl methyl sites for hydroxylation is 1. The highest BCUT2D eigenvalue weighted by molar-refractivity contribution is 5.74. The number of nitrogens with one attached hydrogen (secondary N) is 1.